The highest BCUT2D eigenvalue weighted by Crippen LogP contribution is 2.34. The van der Waals surface area contributed by atoms with Gasteiger partial charge in [-0.1, -0.05) is 18.2 Å². The zero-order chi connectivity index (χ0) is 19.2. The van der Waals surface area contributed by atoms with Crippen molar-refractivity contribution in [3.63, 3.8) is 0 Å². The third-order valence-corrected chi connectivity index (χ3v) is 4.45. The lowest BCUT2D eigenvalue weighted by molar-refractivity contribution is 0.0941. The molecule has 0 aliphatic rings. The lowest BCUT2D eigenvalue weighted by Crippen LogP contribution is -2.24. The maximum Gasteiger partial charge on any atom is 0.274 e. The summed E-state index contributed by atoms with van der Waals surface area (Å²) in [6.07, 6.45) is 1.65. The van der Waals surface area contributed by atoms with Crippen LogP contribution in [0.15, 0.2) is 64.8 Å². The fourth-order valence-electron chi connectivity index (χ4n) is 2.24. The van der Waals surface area contributed by atoms with Crippen molar-refractivity contribution >= 4 is 17.7 Å². The average Bonchev–Trinajstić information content (AvgIpc) is 2.69. The first-order valence-electron chi connectivity index (χ1n) is 7.96. The van der Waals surface area contributed by atoms with Crippen molar-refractivity contribution in [3.8, 4) is 11.5 Å². The quantitative estimate of drug-likeness (QED) is 0.677. The monoisotopic (exact) mass is 385 g/mol. The maximum absolute atomic E-state index is 13.0. The van der Waals surface area contributed by atoms with Crippen molar-refractivity contribution in [2.75, 3.05) is 7.11 Å². The first kappa shape index (κ1) is 18.7. The number of halogens is 1. The van der Waals surface area contributed by atoms with Crippen LogP contribution in [0.25, 0.3) is 0 Å². The first-order chi connectivity index (χ1) is 13.1. The molecule has 0 spiro atoms. The van der Waals surface area contributed by atoms with Crippen LogP contribution in [0, 0.1) is 5.82 Å². The number of hydrogen-bond acceptors (Lipinski definition) is 6. The van der Waals surface area contributed by atoms with E-state index in [9.17, 15) is 14.3 Å². The van der Waals surface area contributed by atoms with Crippen LogP contribution in [0.1, 0.15) is 16.1 Å². The molecule has 138 valence electrons. The van der Waals surface area contributed by atoms with Crippen molar-refractivity contribution < 1.29 is 19.0 Å². The van der Waals surface area contributed by atoms with Gasteiger partial charge >= 0.3 is 0 Å². The van der Waals surface area contributed by atoms with Gasteiger partial charge < -0.3 is 15.2 Å². The standard InChI is InChI=1S/C19H16FN3O3S/c1-26-14-10-16(27-15-4-2-3-9-21-15)23-17(18(14)24)19(25)22-11-12-5-7-13(20)8-6-12/h2-10,24H,11H2,1H3,(H,22,25). The van der Waals surface area contributed by atoms with Crippen molar-refractivity contribution in [2.45, 2.75) is 16.6 Å². The number of nitrogens with zero attached hydrogens (tertiary/aromatic N) is 2. The van der Waals surface area contributed by atoms with E-state index in [2.05, 4.69) is 15.3 Å². The van der Waals surface area contributed by atoms with Crippen molar-refractivity contribution in [1.82, 2.24) is 15.3 Å². The van der Waals surface area contributed by atoms with Gasteiger partial charge in [0.15, 0.2) is 17.2 Å². The summed E-state index contributed by atoms with van der Waals surface area (Å²) < 4.78 is 18.1. The summed E-state index contributed by atoms with van der Waals surface area (Å²) in [4.78, 5) is 20.9. The number of pyridine rings is 2. The Hall–Kier alpha value is -3.13. The van der Waals surface area contributed by atoms with Gasteiger partial charge in [-0.25, -0.2) is 14.4 Å². The van der Waals surface area contributed by atoms with E-state index in [1.807, 2.05) is 6.07 Å². The number of hydrogen-bond donors (Lipinski definition) is 2. The molecule has 2 N–H and O–H groups in total. The Morgan fingerprint density at radius 2 is 2.00 bits per heavy atom. The fourth-order valence-corrected chi connectivity index (χ4v) is 3.02. The molecule has 6 nitrogen and oxygen atoms in total. The topological polar surface area (TPSA) is 84.3 Å². The number of benzene rings is 1. The number of amides is 1. The Balaban J connectivity index is 1.81. The summed E-state index contributed by atoms with van der Waals surface area (Å²) in [7, 11) is 1.39. The van der Waals surface area contributed by atoms with Crippen LogP contribution in [0.2, 0.25) is 0 Å². The highest BCUT2D eigenvalue weighted by molar-refractivity contribution is 7.99. The largest absolute Gasteiger partial charge is 0.503 e. The summed E-state index contributed by atoms with van der Waals surface area (Å²) in [6.45, 7) is 0.167. The molecule has 2 heterocycles. The van der Waals surface area contributed by atoms with Gasteiger partial charge in [0.25, 0.3) is 5.91 Å². The molecule has 0 atom stereocenters. The van der Waals surface area contributed by atoms with Crippen LogP contribution in [0.3, 0.4) is 0 Å². The Labute approximate surface area is 159 Å². The molecule has 1 aromatic carbocycles. The molecule has 0 fully saturated rings. The number of ether oxygens (including phenoxy) is 1. The molecule has 0 saturated carbocycles. The van der Waals surface area contributed by atoms with Crippen LogP contribution in [0.4, 0.5) is 4.39 Å². The van der Waals surface area contributed by atoms with E-state index in [1.54, 1.807) is 30.5 Å². The molecule has 0 bridgehead atoms. The van der Waals surface area contributed by atoms with Crippen LogP contribution < -0.4 is 10.1 Å². The van der Waals surface area contributed by atoms with E-state index in [0.717, 1.165) is 5.56 Å². The van der Waals surface area contributed by atoms with Crippen molar-refractivity contribution in [2.24, 2.45) is 0 Å². The normalized spacial score (nSPS) is 10.4. The van der Waals surface area contributed by atoms with Gasteiger partial charge in [-0.2, -0.15) is 0 Å². The second-order valence-corrected chi connectivity index (χ2v) is 6.48. The Morgan fingerprint density at radius 1 is 1.22 bits per heavy atom. The number of methoxy groups -OCH3 is 1. The summed E-state index contributed by atoms with van der Waals surface area (Å²) in [5, 5.41) is 14.1. The molecule has 2 aromatic heterocycles. The third kappa shape index (κ3) is 4.73. The van der Waals surface area contributed by atoms with Crippen LogP contribution in [-0.2, 0) is 6.54 Å². The van der Waals surface area contributed by atoms with Gasteiger partial charge in [-0.3, -0.25) is 4.79 Å². The molecular formula is C19H16FN3O3S. The van der Waals surface area contributed by atoms with Gasteiger partial charge in [-0.05, 0) is 41.6 Å². The van der Waals surface area contributed by atoms with E-state index < -0.39 is 5.91 Å². The van der Waals surface area contributed by atoms with Gasteiger partial charge in [0, 0.05) is 18.8 Å². The van der Waals surface area contributed by atoms with E-state index in [0.29, 0.717) is 10.1 Å². The zero-order valence-corrected chi connectivity index (χ0v) is 15.2. The lowest BCUT2D eigenvalue weighted by atomic mass is 10.2. The highest BCUT2D eigenvalue weighted by Gasteiger charge is 2.19. The number of aromatic nitrogens is 2. The molecule has 3 aromatic rings. The molecule has 0 aliphatic heterocycles. The van der Waals surface area contributed by atoms with Gasteiger partial charge in [-0.15, -0.1) is 0 Å². The summed E-state index contributed by atoms with van der Waals surface area (Å²) in [5.41, 5.74) is 0.560. The second-order valence-electron chi connectivity index (χ2n) is 5.44. The molecule has 1 amide bonds. The number of nitrogens with one attached hydrogen (secondary N) is 1. The summed E-state index contributed by atoms with van der Waals surface area (Å²) in [6, 6.07) is 12.7. The summed E-state index contributed by atoms with van der Waals surface area (Å²) in [5.74, 6) is -1.14. The molecule has 0 saturated heterocycles. The van der Waals surface area contributed by atoms with Crippen LogP contribution >= 0.6 is 11.8 Å². The number of aromatic hydroxyl groups is 1. The minimum absolute atomic E-state index is 0.135. The predicted molar refractivity (Wildman–Crippen MR) is 98.4 cm³/mol. The van der Waals surface area contributed by atoms with Crippen LogP contribution in [-0.4, -0.2) is 28.1 Å². The minimum atomic E-state index is -0.571. The van der Waals surface area contributed by atoms with E-state index in [4.69, 9.17) is 4.74 Å². The fraction of sp³-hybridized carbons (Fsp3) is 0.105. The van der Waals surface area contributed by atoms with E-state index in [-0.39, 0.29) is 29.6 Å². The van der Waals surface area contributed by atoms with Gasteiger partial charge in [0.1, 0.15) is 15.9 Å². The molecule has 0 radical (unpaired) electrons. The number of carbonyl (C=O) groups is 1. The molecule has 3 rings (SSSR count). The molecule has 0 aliphatic carbocycles. The maximum atomic E-state index is 13.0. The first-order valence-corrected chi connectivity index (χ1v) is 8.78. The van der Waals surface area contributed by atoms with E-state index >= 15 is 0 Å². The third-order valence-electron chi connectivity index (χ3n) is 3.58. The molecular weight excluding hydrogens is 369 g/mol. The minimum Gasteiger partial charge on any atom is -0.503 e. The lowest BCUT2D eigenvalue weighted by Gasteiger charge is -2.11. The molecule has 0 unspecified atom stereocenters. The number of carbonyl (C=O) groups excluding carboxylic acids is 1. The SMILES string of the molecule is COc1cc(Sc2ccccn2)nc(C(=O)NCc2ccc(F)cc2)c1O. The molecule has 8 heteroatoms. The predicted octanol–water partition coefficient (Wildman–Crippen LogP) is 3.41. The molecule has 27 heavy (non-hydrogen) atoms. The smallest absolute Gasteiger partial charge is 0.274 e. The van der Waals surface area contributed by atoms with E-state index in [1.165, 1.54) is 37.1 Å². The van der Waals surface area contributed by atoms with Crippen LogP contribution in [0.5, 0.6) is 11.5 Å². The van der Waals surface area contributed by atoms with Gasteiger partial charge in [0.2, 0.25) is 0 Å². The van der Waals surface area contributed by atoms with Gasteiger partial charge in [0.05, 0.1) is 7.11 Å². The average molecular weight is 385 g/mol. The highest BCUT2D eigenvalue weighted by atomic mass is 32.2. The zero-order valence-electron chi connectivity index (χ0n) is 14.3. The Morgan fingerprint density at radius 3 is 2.67 bits per heavy atom. The number of rotatable bonds is 6. The Bertz CT molecular complexity index is 937. The second kappa shape index (κ2) is 8.50. The van der Waals surface area contributed by atoms with Crippen molar-refractivity contribution in [3.05, 3.63) is 71.8 Å². The Kier molecular flexibility index (Phi) is 5.87. The summed E-state index contributed by atoms with van der Waals surface area (Å²) >= 11 is 1.24. The van der Waals surface area contributed by atoms with Crippen molar-refractivity contribution in [1.29, 1.82) is 0 Å².